The second kappa shape index (κ2) is 6.30. The van der Waals surface area contributed by atoms with Gasteiger partial charge in [0.1, 0.15) is 6.04 Å². The highest BCUT2D eigenvalue weighted by Gasteiger charge is 2.63. The fourth-order valence-electron chi connectivity index (χ4n) is 4.06. The van der Waals surface area contributed by atoms with Gasteiger partial charge in [0.15, 0.2) is 0 Å². The Kier molecular flexibility index (Phi) is 4.37. The minimum atomic E-state index is -0.440. The van der Waals surface area contributed by atoms with E-state index in [2.05, 4.69) is 10.3 Å². The van der Waals surface area contributed by atoms with Crippen LogP contribution in [0, 0.1) is 5.41 Å². The molecule has 0 radical (unpaired) electrons. The van der Waals surface area contributed by atoms with E-state index in [0.29, 0.717) is 6.54 Å². The van der Waals surface area contributed by atoms with E-state index in [1.54, 1.807) is 17.3 Å². The van der Waals surface area contributed by atoms with Crippen molar-refractivity contribution in [2.75, 3.05) is 0 Å². The number of nitrogens with zero attached hydrogens (tertiary/aromatic N) is 2. The summed E-state index contributed by atoms with van der Waals surface area (Å²) in [7, 11) is 0. The maximum Gasteiger partial charge on any atom is 0.244 e. The van der Waals surface area contributed by atoms with Gasteiger partial charge in [0.2, 0.25) is 11.8 Å². The maximum absolute atomic E-state index is 12.8. The molecular formula is C18H25N3O2. The Balaban J connectivity index is 1.73. The Bertz CT molecular complexity index is 579. The Labute approximate surface area is 137 Å². The number of pyridine rings is 1. The van der Waals surface area contributed by atoms with Gasteiger partial charge in [0.05, 0.1) is 5.41 Å². The molecule has 1 aromatic heterocycles. The third kappa shape index (κ3) is 2.73. The van der Waals surface area contributed by atoms with Crippen LogP contribution in [0.5, 0.6) is 0 Å². The number of likely N-dealkylation sites (tertiary alicyclic amines) is 1. The molecule has 2 amide bonds. The number of rotatable bonds is 4. The Morgan fingerprint density at radius 1 is 1.30 bits per heavy atom. The maximum atomic E-state index is 12.8. The molecule has 1 aliphatic heterocycles. The van der Waals surface area contributed by atoms with E-state index < -0.39 is 5.41 Å². The van der Waals surface area contributed by atoms with E-state index >= 15 is 0 Å². The minimum absolute atomic E-state index is 0.0167. The Hall–Kier alpha value is -1.91. The van der Waals surface area contributed by atoms with Crippen molar-refractivity contribution in [3.05, 3.63) is 30.1 Å². The van der Waals surface area contributed by atoms with Crippen molar-refractivity contribution in [2.45, 2.75) is 64.6 Å². The van der Waals surface area contributed by atoms with Crippen molar-refractivity contribution < 1.29 is 9.59 Å². The van der Waals surface area contributed by atoms with Crippen LogP contribution in [0.1, 0.15) is 51.5 Å². The van der Waals surface area contributed by atoms with Gasteiger partial charge in [-0.15, -0.1) is 0 Å². The molecular weight excluding hydrogens is 290 g/mol. The summed E-state index contributed by atoms with van der Waals surface area (Å²) in [6, 6.07) is 3.54. The van der Waals surface area contributed by atoms with Gasteiger partial charge >= 0.3 is 0 Å². The van der Waals surface area contributed by atoms with Crippen molar-refractivity contribution in [2.24, 2.45) is 5.41 Å². The second-order valence-electron chi connectivity index (χ2n) is 7.00. The first-order valence-corrected chi connectivity index (χ1v) is 8.55. The fourth-order valence-corrected chi connectivity index (χ4v) is 4.06. The Morgan fingerprint density at radius 2 is 1.96 bits per heavy atom. The third-order valence-electron chi connectivity index (χ3n) is 5.23. The van der Waals surface area contributed by atoms with Gasteiger partial charge in [-0.3, -0.25) is 14.6 Å². The smallest absolute Gasteiger partial charge is 0.244 e. The van der Waals surface area contributed by atoms with E-state index in [1.165, 1.54) is 6.42 Å². The highest BCUT2D eigenvalue weighted by molar-refractivity contribution is 6.02. The monoisotopic (exact) mass is 315 g/mol. The topological polar surface area (TPSA) is 62.3 Å². The molecule has 2 fully saturated rings. The zero-order valence-electron chi connectivity index (χ0n) is 13.9. The lowest BCUT2D eigenvalue weighted by Crippen LogP contribution is -2.75. The SMILES string of the molecule is CC(C)N1C(=O)C2(CCCCC2)C1C(=O)NCc1ccncc1. The molecule has 3 rings (SSSR count). The third-order valence-corrected chi connectivity index (χ3v) is 5.23. The number of hydrogen-bond donors (Lipinski definition) is 1. The first-order valence-electron chi connectivity index (χ1n) is 8.55. The van der Waals surface area contributed by atoms with Gasteiger partial charge in [-0.25, -0.2) is 0 Å². The molecule has 2 aliphatic rings. The van der Waals surface area contributed by atoms with Crippen molar-refractivity contribution >= 4 is 11.8 Å². The van der Waals surface area contributed by atoms with Gasteiger partial charge < -0.3 is 10.2 Å². The first kappa shape index (κ1) is 16.0. The van der Waals surface area contributed by atoms with Crippen LogP contribution >= 0.6 is 0 Å². The standard InChI is InChI=1S/C18H25N3O2/c1-13(2)21-15(18(17(21)23)8-4-3-5-9-18)16(22)20-12-14-6-10-19-11-7-14/h6-7,10-11,13,15H,3-5,8-9,12H2,1-2H3,(H,20,22). The summed E-state index contributed by atoms with van der Waals surface area (Å²) in [6.45, 7) is 4.45. The van der Waals surface area contributed by atoms with Crippen molar-refractivity contribution in [3.8, 4) is 0 Å². The predicted molar refractivity (Wildman–Crippen MR) is 87.4 cm³/mol. The first-order chi connectivity index (χ1) is 11.1. The number of nitrogens with one attached hydrogen (secondary N) is 1. The number of hydrogen-bond acceptors (Lipinski definition) is 3. The second-order valence-corrected chi connectivity index (χ2v) is 7.00. The number of carbonyl (C=O) groups is 2. The summed E-state index contributed by atoms with van der Waals surface area (Å²) in [6.07, 6.45) is 8.40. The molecule has 0 aromatic carbocycles. The molecule has 5 nitrogen and oxygen atoms in total. The summed E-state index contributed by atoms with van der Waals surface area (Å²) >= 11 is 0. The molecule has 0 bridgehead atoms. The number of aromatic nitrogens is 1. The molecule has 1 saturated heterocycles. The number of amides is 2. The fraction of sp³-hybridized carbons (Fsp3) is 0.611. The number of carbonyl (C=O) groups excluding carboxylic acids is 2. The van der Waals surface area contributed by atoms with E-state index in [9.17, 15) is 9.59 Å². The quantitative estimate of drug-likeness (QED) is 0.867. The average Bonchev–Trinajstić information content (AvgIpc) is 2.58. The molecule has 2 heterocycles. The summed E-state index contributed by atoms with van der Waals surface area (Å²) in [5.41, 5.74) is 0.581. The van der Waals surface area contributed by atoms with Crippen LogP contribution in [0.2, 0.25) is 0 Å². The molecule has 1 N–H and O–H groups in total. The van der Waals surface area contributed by atoms with E-state index in [4.69, 9.17) is 0 Å². The summed E-state index contributed by atoms with van der Waals surface area (Å²) in [4.78, 5) is 31.3. The summed E-state index contributed by atoms with van der Waals surface area (Å²) < 4.78 is 0. The van der Waals surface area contributed by atoms with Gasteiger partial charge in [-0.05, 0) is 44.4 Å². The number of β-lactam (4-membered cyclic amide) rings is 1. The van der Waals surface area contributed by atoms with Crippen LogP contribution in [-0.4, -0.2) is 33.8 Å². The molecule has 1 spiro atoms. The van der Waals surface area contributed by atoms with Gasteiger partial charge in [0.25, 0.3) is 0 Å². The van der Waals surface area contributed by atoms with Crippen molar-refractivity contribution in [1.82, 2.24) is 15.2 Å². The van der Waals surface area contributed by atoms with Gasteiger partial charge in [-0.1, -0.05) is 19.3 Å². The minimum Gasteiger partial charge on any atom is -0.350 e. The summed E-state index contributed by atoms with van der Waals surface area (Å²) in [5.74, 6) is 0.160. The van der Waals surface area contributed by atoms with Crippen LogP contribution in [0.25, 0.3) is 0 Å². The van der Waals surface area contributed by atoms with Crippen molar-refractivity contribution in [1.29, 1.82) is 0 Å². The van der Waals surface area contributed by atoms with Crippen LogP contribution < -0.4 is 5.32 Å². The largest absolute Gasteiger partial charge is 0.350 e. The lowest BCUT2D eigenvalue weighted by molar-refractivity contribution is -0.186. The zero-order valence-corrected chi connectivity index (χ0v) is 13.9. The lowest BCUT2D eigenvalue weighted by Gasteiger charge is -2.58. The molecule has 1 atom stereocenters. The molecule has 1 saturated carbocycles. The summed E-state index contributed by atoms with van der Waals surface area (Å²) in [5, 5.41) is 3.02. The molecule has 1 unspecified atom stereocenters. The van der Waals surface area contributed by atoms with E-state index in [0.717, 1.165) is 31.2 Å². The average molecular weight is 315 g/mol. The van der Waals surface area contributed by atoms with Crippen LogP contribution in [0.4, 0.5) is 0 Å². The highest BCUT2D eigenvalue weighted by atomic mass is 16.2. The molecule has 1 aliphatic carbocycles. The molecule has 1 aromatic rings. The molecule has 124 valence electrons. The van der Waals surface area contributed by atoms with Crippen LogP contribution in [0.3, 0.4) is 0 Å². The van der Waals surface area contributed by atoms with E-state index in [1.807, 2.05) is 26.0 Å². The molecule has 5 heteroatoms. The lowest BCUT2D eigenvalue weighted by atomic mass is 9.61. The zero-order chi connectivity index (χ0) is 16.4. The van der Waals surface area contributed by atoms with Gasteiger partial charge in [-0.2, -0.15) is 0 Å². The van der Waals surface area contributed by atoms with E-state index in [-0.39, 0.29) is 23.9 Å². The van der Waals surface area contributed by atoms with Crippen LogP contribution in [0.15, 0.2) is 24.5 Å². The highest BCUT2D eigenvalue weighted by Crippen LogP contribution is 2.50. The normalized spacial score (nSPS) is 23.0. The molecule has 23 heavy (non-hydrogen) atoms. The Morgan fingerprint density at radius 3 is 2.57 bits per heavy atom. The van der Waals surface area contributed by atoms with Crippen molar-refractivity contribution in [3.63, 3.8) is 0 Å². The predicted octanol–water partition coefficient (Wildman–Crippen LogP) is 2.27. The van der Waals surface area contributed by atoms with Crippen LogP contribution in [-0.2, 0) is 16.1 Å². The van der Waals surface area contributed by atoms with Gasteiger partial charge in [0, 0.05) is 25.0 Å².